The SMILES string of the molecule is C/C=C\N(C)/C=C(\N)CC. The van der Waals surface area contributed by atoms with Gasteiger partial charge in [-0.25, -0.2) is 0 Å². The summed E-state index contributed by atoms with van der Waals surface area (Å²) in [7, 11) is 1.96. The third-order valence-electron chi connectivity index (χ3n) is 1.16. The first-order valence-corrected chi connectivity index (χ1v) is 3.51. The van der Waals surface area contributed by atoms with Gasteiger partial charge in [-0.3, -0.25) is 0 Å². The lowest BCUT2D eigenvalue weighted by molar-refractivity contribution is 0.613. The van der Waals surface area contributed by atoms with E-state index >= 15 is 0 Å². The molecule has 2 nitrogen and oxygen atoms in total. The molecule has 2 N–H and O–H groups in total. The summed E-state index contributed by atoms with van der Waals surface area (Å²) < 4.78 is 0. The average molecular weight is 140 g/mol. The molecule has 0 spiro atoms. The molecule has 0 amide bonds. The quantitative estimate of drug-likeness (QED) is 0.646. The van der Waals surface area contributed by atoms with Gasteiger partial charge in [0.15, 0.2) is 0 Å². The molecule has 0 bridgehead atoms. The van der Waals surface area contributed by atoms with Gasteiger partial charge in [-0.1, -0.05) is 13.0 Å². The van der Waals surface area contributed by atoms with Gasteiger partial charge in [0.1, 0.15) is 0 Å². The van der Waals surface area contributed by atoms with Crippen molar-refractivity contribution < 1.29 is 0 Å². The second-order valence-corrected chi connectivity index (χ2v) is 2.21. The maximum atomic E-state index is 5.59. The van der Waals surface area contributed by atoms with Gasteiger partial charge in [0.25, 0.3) is 0 Å². The van der Waals surface area contributed by atoms with Crippen molar-refractivity contribution in [2.75, 3.05) is 7.05 Å². The summed E-state index contributed by atoms with van der Waals surface area (Å²) in [6, 6.07) is 0. The van der Waals surface area contributed by atoms with E-state index < -0.39 is 0 Å². The zero-order valence-corrected chi connectivity index (χ0v) is 6.96. The molecule has 0 atom stereocenters. The van der Waals surface area contributed by atoms with E-state index in [-0.39, 0.29) is 0 Å². The van der Waals surface area contributed by atoms with Gasteiger partial charge in [0.05, 0.1) is 0 Å². The molecular formula is C8H16N2. The zero-order chi connectivity index (χ0) is 7.98. The minimum absolute atomic E-state index is 0.903. The van der Waals surface area contributed by atoms with Crippen LogP contribution in [0.3, 0.4) is 0 Å². The van der Waals surface area contributed by atoms with Crippen LogP contribution in [0.1, 0.15) is 20.3 Å². The molecule has 0 saturated heterocycles. The van der Waals surface area contributed by atoms with Crippen LogP contribution in [-0.2, 0) is 0 Å². The van der Waals surface area contributed by atoms with Crippen LogP contribution in [0, 0.1) is 0 Å². The maximum Gasteiger partial charge on any atom is 0.0242 e. The van der Waals surface area contributed by atoms with Crippen LogP contribution >= 0.6 is 0 Å². The Labute approximate surface area is 63.0 Å². The normalized spacial score (nSPS) is 12.5. The highest BCUT2D eigenvalue weighted by atomic mass is 15.1. The first-order chi connectivity index (χ1) is 4.70. The molecule has 0 fully saturated rings. The Morgan fingerprint density at radius 3 is 2.60 bits per heavy atom. The standard InChI is InChI=1S/C8H16N2/c1-4-6-10(3)7-8(9)5-2/h4,6-7H,5,9H2,1-3H3/b6-4-,8-7-. The molecule has 0 radical (unpaired) electrons. The van der Waals surface area contributed by atoms with Crippen molar-refractivity contribution in [3.63, 3.8) is 0 Å². The van der Waals surface area contributed by atoms with Gasteiger partial charge in [0.2, 0.25) is 0 Å². The van der Waals surface area contributed by atoms with Gasteiger partial charge in [-0.05, 0) is 19.5 Å². The summed E-state index contributed by atoms with van der Waals surface area (Å²) in [5, 5.41) is 0. The zero-order valence-electron chi connectivity index (χ0n) is 6.96. The van der Waals surface area contributed by atoms with E-state index in [1.807, 2.05) is 44.3 Å². The Balaban J connectivity index is 3.86. The fraction of sp³-hybridized carbons (Fsp3) is 0.500. The minimum Gasteiger partial charge on any atom is -0.401 e. The highest BCUT2D eigenvalue weighted by Gasteiger charge is 1.85. The lowest BCUT2D eigenvalue weighted by Gasteiger charge is -2.07. The first kappa shape index (κ1) is 9.08. The molecular weight excluding hydrogens is 124 g/mol. The van der Waals surface area contributed by atoms with Crippen molar-refractivity contribution in [2.24, 2.45) is 5.73 Å². The summed E-state index contributed by atoms with van der Waals surface area (Å²) in [5.41, 5.74) is 6.49. The molecule has 0 aromatic rings. The maximum absolute atomic E-state index is 5.59. The fourth-order valence-electron chi connectivity index (χ4n) is 0.631. The predicted octanol–water partition coefficient (Wildman–Crippen LogP) is 1.66. The number of rotatable bonds is 3. The Morgan fingerprint density at radius 1 is 1.60 bits per heavy atom. The van der Waals surface area contributed by atoms with Crippen molar-refractivity contribution in [1.29, 1.82) is 0 Å². The van der Waals surface area contributed by atoms with Crippen LogP contribution in [0.4, 0.5) is 0 Å². The molecule has 0 aromatic carbocycles. The first-order valence-electron chi connectivity index (χ1n) is 3.51. The number of allylic oxidation sites excluding steroid dienone is 2. The summed E-state index contributed by atoms with van der Waals surface area (Å²) in [5.74, 6) is 0. The molecule has 0 aliphatic rings. The van der Waals surface area contributed by atoms with E-state index in [0.717, 1.165) is 12.1 Å². The molecule has 0 saturated carbocycles. The minimum atomic E-state index is 0.903. The van der Waals surface area contributed by atoms with Gasteiger partial charge in [0, 0.05) is 18.9 Å². The summed E-state index contributed by atoms with van der Waals surface area (Å²) in [6.45, 7) is 4.02. The highest BCUT2D eigenvalue weighted by molar-refractivity contribution is 4.97. The second kappa shape index (κ2) is 4.91. The lowest BCUT2D eigenvalue weighted by Crippen LogP contribution is -2.06. The Morgan fingerprint density at radius 2 is 2.20 bits per heavy atom. The van der Waals surface area contributed by atoms with Gasteiger partial charge in [-0.15, -0.1) is 0 Å². The van der Waals surface area contributed by atoms with Crippen LogP contribution in [-0.4, -0.2) is 11.9 Å². The Hall–Kier alpha value is -0.920. The summed E-state index contributed by atoms with van der Waals surface area (Å²) in [4.78, 5) is 1.94. The van der Waals surface area contributed by atoms with E-state index in [1.54, 1.807) is 0 Å². The molecule has 2 heteroatoms. The summed E-state index contributed by atoms with van der Waals surface area (Å²) >= 11 is 0. The van der Waals surface area contributed by atoms with Gasteiger partial charge in [-0.2, -0.15) is 0 Å². The lowest BCUT2D eigenvalue weighted by atomic mass is 10.4. The van der Waals surface area contributed by atoms with Crippen molar-refractivity contribution in [3.8, 4) is 0 Å². The van der Waals surface area contributed by atoms with Crippen LogP contribution in [0.2, 0.25) is 0 Å². The van der Waals surface area contributed by atoms with Crippen molar-refractivity contribution >= 4 is 0 Å². The van der Waals surface area contributed by atoms with Gasteiger partial charge < -0.3 is 10.6 Å². The monoisotopic (exact) mass is 140 g/mol. The topological polar surface area (TPSA) is 29.3 Å². The van der Waals surface area contributed by atoms with E-state index in [1.165, 1.54) is 0 Å². The molecule has 58 valence electrons. The molecule has 0 aliphatic heterocycles. The Bertz CT molecular complexity index is 136. The van der Waals surface area contributed by atoms with E-state index in [2.05, 4.69) is 0 Å². The number of hydrogen-bond donors (Lipinski definition) is 1. The van der Waals surface area contributed by atoms with Crippen LogP contribution in [0.25, 0.3) is 0 Å². The van der Waals surface area contributed by atoms with E-state index in [4.69, 9.17) is 5.73 Å². The van der Waals surface area contributed by atoms with Crippen LogP contribution in [0.15, 0.2) is 24.2 Å². The molecule has 0 rings (SSSR count). The molecule has 0 aliphatic carbocycles. The van der Waals surface area contributed by atoms with Crippen molar-refractivity contribution in [1.82, 2.24) is 4.90 Å². The number of nitrogens with zero attached hydrogens (tertiary/aromatic N) is 1. The fourth-order valence-corrected chi connectivity index (χ4v) is 0.631. The van der Waals surface area contributed by atoms with Gasteiger partial charge >= 0.3 is 0 Å². The predicted molar refractivity (Wildman–Crippen MR) is 45.1 cm³/mol. The van der Waals surface area contributed by atoms with Crippen molar-refractivity contribution in [3.05, 3.63) is 24.2 Å². The molecule has 0 unspecified atom stereocenters. The number of nitrogens with two attached hydrogens (primary N) is 1. The number of hydrogen-bond acceptors (Lipinski definition) is 2. The van der Waals surface area contributed by atoms with Crippen molar-refractivity contribution in [2.45, 2.75) is 20.3 Å². The smallest absolute Gasteiger partial charge is 0.0242 e. The van der Waals surface area contributed by atoms with E-state index in [9.17, 15) is 0 Å². The third kappa shape index (κ3) is 4.01. The van der Waals surface area contributed by atoms with Crippen LogP contribution in [0.5, 0.6) is 0 Å². The molecule has 10 heavy (non-hydrogen) atoms. The van der Waals surface area contributed by atoms with Crippen LogP contribution < -0.4 is 5.73 Å². The third-order valence-corrected chi connectivity index (χ3v) is 1.16. The molecule has 0 aromatic heterocycles. The molecule has 0 heterocycles. The summed E-state index contributed by atoms with van der Waals surface area (Å²) in [6.07, 6.45) is 6.75. The average Bonchev–Trinajstić information content (AvgIpc) is 1.88. The second-order valence-electron chi connectivity index (χ2n) is 2.21. The Kier molecular flexibility index (Phi) is 4.46. The van der Waals surface area contributed by atoms with E-state index in [0.29, 0.717) is 0 Å². The highest BCUT2D eigenvalue weighted by Crippen LogP contribution is 1.93. The largest absolute Gasteiger partial charge is 0.401 e.